The highest BCUT2D eigenvalue weighted by molar-refractivity contribution is 8.18. The van der Waals surface area contributed by atoms with Crippen LogP contribution in [0.4, 0.5) is 10.5 Å². The first-order chi connectivity index (χ1) is 13.1. The maximum Gasteiger partial charge on any atom is 0.290 e. The zero-order chi connectivity index (χ0) is 18.8. The molecule has 0 saturated carbocycles. The number of hydrogen-bond donors (Lipinski definition) is 2. The Morgan fingerprint density at radius 2 is 1.93 bits per heavy atom. The number of anilines is 1. The van der Waals surface area contributed by atoms with Crippen molar-refractivity contribution in [3.8, 4) is 11.1 Å². The van der Waals surface area contributed by atoms with Gasteiger partial charge in [0.15, 0.2) is 0 Å². The average Bonchev–Trinajstić information content (AvgIpc) is 2.99. The van der Waals surface area contributed by atoms with Crippen LogP contribution in [0.2, 0.25) is 0 Å². The van der Waals surface area contributed by atoms with Crippen molar-refractivity contribution in [2.24, 2.45) is 5.73 Å². The maximum absolute atomic E-state index is 12.0. The van der Waals surface area contributed by atoms with Crippen LogP contribution in [-0.4, -0.2) is 30.3 Å². The fourth-order valence-electron chi connectivity index (χ4n) is 3.66. The molecule has 0 bridgehead atoms. The third-order valence-electron chi connectivity index (χ3n) is 4.85. The number of nitrogens with zero attached hydrogens (tertiary/aromatic N) is 1. The highest BCUT2D eigenvalue weighted by Gasteiger charge is 2.27. The van der Waals surface area contributed by atoms with E-state index in [1.54, 1.807) is 0 Å². The van der Waals surface area contributed by atoms with Crippen LogP contribution in [0.1, 0.15) is 18.4 Å². The van der Waals surface area contributed by atoms with Crippen LogP contribution >= 0.6 is 11.8 Å². The van der Waals surface area contributed by atoms with Crippen molar-refractivity contribution in [1.29, 1.82) is 0 Å². The molecular weight excluding hydrogens is 358 g/mol. The average molecular weight is 379 g/mol. The highest BCUT2D eigenvalue weighted by Crippen LogP contribution is 2.38. The third kappa shape index (κ3) is 3.77. The van der Waals surface area contributed by atoms with E-state index < -0.39 is 0 Å². The number of carbonyl (C=O) groups excluding carboxylic acids is 2. The third-order valence-corrected chi connectivity index (χ3v) is 5.67. The normalized spacial score (nSPS) is 21.6. The molecule has 0 unspecified atom stereocenters. The molecule has 2 aromatic carbocycles. The number of benzene rings is 2. The number of rotatable bonds is 3. The van der Waals surface area contributed by atoms with Gasteiger partial charge >= 0.3 is 0 Å². The van der Waals surface area contributed by atoms with Gasteiger partial charge in [-0.3, -0.25) is 14.9 Å². The van der Waals surface area contributed by atoms with Gasteiger partial charge in [-0.15, -0.1) is 0 Å². The number of para-hydroxylation sites is 1. The van der Waals surface area contributed by atoms with Crippen molar-refractivity contribution in [2.45, 2.75) is 18.9 Å². The van der Waals surface area contributed by atoms with Gasteiger partial charge in [-0.05, 0) is 41.8 Å². The number of piperidine rings is 1. The lowest BCUT2D eigenvalue weighted by molar-refractivity contribution is -0.115. The fraction of sp³-hybridized carbons (Fsp3) is 0.238. The number of nitrogens with two attached hydrogens (primary N) is 1. The number of hydrogen-bond acceptors (Lipinski definition) is 5. The van der Waals surface area contributed by atoms with Crippen molar-refractivity contribution >= 4 is 34.7 Å². The second kappa shape index (κ2) is 7.58. The van der Waals surface area contributed by atoms with Crippen LogP contribution in [0.3, 0.4) is 0 Å². The van der Waals surface area contributed by atoms with Crippen molar-refractivity contribution < 1.29 is 9.59 Å². The summed E-state index contributed by atoms with van der Waals surface area (Å²) < 4.78 is 0. The van der Waals surface area contributed by atoms with E-state index >= 15 is 0 Å². The zero-order valence-electron chi connectivity index (χ0n) is 14.9. The molecule has 2 fully saturated rings. The van der Waals surface area contributed by atoms with E-state index in [1.807, 2.05) is 36.4 Å². The Bertz CT molecular complexity index is 911. The van der Waals surface area contributed by atoms with Gasteiger partial charge in [0.1, 0.15) is 0 Å². The molecule has 6 heteroatoms. The smallest absolute Gasteiger partial charge is 0.290 e. The summed E-state index contributed by atoms with van der Waals surface area (Å²) in [6.07, 6.45) is 3.87. The lowest BCUT2D eigenvalue weighted by Crippen LogP contribution is -2.43. The molecule has 0 aromatic heterocycles. The van der Waals surface area contributed by atoms with E-state index in [4.69, 9.17) is 5.73 Å². The Morgan fingerprint density at radius 3 is 2.63 bits per heavy atom. The summed E-state index contributed by atoms with van der Waals surface area (Å²) in [5.41, 5.74) is 10.5. The molecule has 0 spiro atoms. The molecule has 0 radical (unpaired) electrons. The molecule has 2 aliphatic rings. The number of carbonyl (C=O) groups is 2. The van der Waals surface area contributed by atoms with Crippen molar-refractivity contribution in [3.05, 3.63) is 59.0 Å². The molecule has 1 atom stereocenters. The van der Waals surface area contributed by atoms with Crippen LogP contribution < -0.4 is 16.0 Å². The topological polar surface area (TPSA) is 75.4 Å². The van der Waals surface area contributed by atoms with Gasteiger partial charge in [0, 0.05) is 24.7 Å². The summed E-state index contributed by atoms with van der Waals surface area (Å²) in [5, 5.41) is 2.00. The number of nitrogens with one attached hydrogen (secondary N) is 1. The molecule has 0 aliphatic carbocycles. The van der Waals surface area contributed by atoms with Crippen LogP contribution in [0.25, 0.3) is 17.2 Å². The minimum absolute atomic E-state index is 0.133. The first-order valence-corrected chi connectivity index (χ1v) is 9.87. The molecule has 2 aromatic rings. The second-order valence-corrected chi connectivity index (χ2v) is 7.82. The van der Waals surface area contributed by atoms with E-state index in [0.29, 0.717) is 4.91 Å². The van der Waals surface area contributed by atoms with Gasteiger partial charge < -0.3 is 10.6 Å². The van der Waals surface area contributed by atoms with E-state index in [0.717, 1.165) is 60.1 Å². The van der Waals surface area contributed by atoms with E-state index in [2.05, 4.69) is 28.4 Å². The standard InChI is InChI=1S/C21H21N3O2S/c22-16-9-5-11-24(13-16)19-15(12-18-20(25)23-21(26)27-18)8-4-10-17(19)14-6-2-1-3-7-14/h1-4,6-8,10,12,16H,5,9,11,13,22H2,(H,23,25,26)/b18-12-/t16-/m1/s1. The van der Waals surface area contributed by atoms with E-state index in [-0.39, 0.29) is 17.2 Å². The molecule has 5 nitrogen and oxygen atoms in total. The van der Waals surface area contributed by atoms with Crippen LogP contribution in [0.5, 0.6) is 0 Å². The Hall–Kier alpha value is -2.57. The molecule has 2 aliphatic heterocycles. The summed E-state index contributed by atoms with van der Waals surface area (Å²) in [5.74, 6) is -0.337. The van der Waals surface area contributed by atoms with E-state index in [9.17, 15) is 9.59 Å². The molecule has 4 rings (SSSR count). The molecule has 2 heterocycles. The summed E-state index contributed by atoms with van der Waals surface area (Å²) >= 11 is 0.944. The quantitative estimate of drug-likeness (QED) is 0.797. The van der Waals surface area contributed by atoms with Gasteiger partial charge in [0.05, 0.1) is 10.6 Å². The predicted molar refractivity (Wildman–Crippen MR) is 110 cm³/mol. The van der Waals surface area contributed by atoms with Gasteiger partial charge in [0.25, 0.3) is 11.1 Å². The Morgan fingerprint density at radius 1 is 1.11 bits per heavy atom. The van der Waals surface area contributed by atoms with E-state index in [1.165, 1.54) is 0 Å². The molecule has 2 amide bonds. The molecule has 3 N–H and O–H groups in total. The minimum Gasteiger partial charge on any atom is -0.369 e. The summed E-state index contributed by atoms with van der Waals surface area (Å²) in [7, 11) is 0. The number of imide groups is 1. The zero-order valence-corrected chi connectivity index (χ0v) is 15.7. The Labute approximate surface area is 162 Å². The lowest BCUT2D eigenvalue weighted by atomic mass is 9.96. The lowest BCUT2D eigenvalue weighted by Gasteiger charge is -2.35. The van der Waals surface area contributed by atoms with Gasteiger partial charge in [-0.1, -0.05) is 48.5 Å². The number of thioether (sulfide) groups is 1. The van der Waals surface area contributed by atoms with Gasteiger partial charge in [0.2, 0.25) is 0 Å². The SMILES string of the molecule is N[C@@H]1CCCN(c2c(/C=C3\SC(=O)NC3=O)cccc2-c2ccccc2)C1. The molecule has 27 heavy (non-hydrogen) atoms. The minimum atomic E-state index is -0.337. The molecule has 138 valence electrons. The molecular formula is C21H21N3O2S. The van der Waals surface area contributed by atoms with Gasteiger partial charge in [-0.2, -0.15) is 0 Å². The predicted octanol–water partition coefficient (Wildman–Crippen LogP) is 3.61. The largest absolute Gasteiger partial charge is 0.369 e. The maximum atomic E-state index is 12.0. The van der Waals surface area contributed by atoms with Crippen LogP contribution in [0, 0.1) is 0 Å². The monoisotopic (exact) mass is 379 g/mol. The Balaban J connectivity index is 1.84. The van der Waals surface area contributed by atoms with Crippen LogP contribution in [0.15, 0.2) is 53.4 Å². The summed E-state index contributed by atoms with van der Waals surface area (Å²) in [4.78, 5) is 26.3. The fourth-order valence-corrected chi connectivity index (χ4v) is 4.33. The summed E-state index contributed by atoms with van der Waals surface area (Å²) in [6.45, 7) is 1.70. The van der Waals surface area contributed by atoms with Gasteiger partial charge in [-0.25, -0.2) is 0 Å². The van der Waals surface area contributed by atoms with Crippen molar-refractivity contribution in [3.63, 3.8) is 0 Å². The summed E-state index contributed by atoms with van der Waals surface area (Å²) in [6, 6.07) is 16.4. The first-order valence-electron chi connectivity index (χ1n) is 9.05. The van der Waals surface area contributed by atoms with Crippen LogP contribution in [-0.2, 0) is 4.79 Å². The molecule has 2 saturated heterocycles. The van der Waals surface area contributed by atoms with Crippen molar-refractivity contribution in [1.82, 2.24) is 5.32 Å². The number of amides is 2. The Kier molecular flexibility index (Phi) is 5.01. The highest BCUT2D eigenvalue weighted by atomic mass is 32.2. The first kappa shape index (κ1) is 17.8. The van der Waals surface area contributed by atoms with Crippen molar-refractivity contribution in [2.75, 3.05) is 18.0 Å². The second-order valence-electron chi connectivity index (χ2n) is 6.81.